The van der Waals surface area contributed by atoms with Crippen molar-refractivity contribution in [2.45, 2.75) is 19.9 Å². The Morgan fingerprint density at radius 2 is 2.25 bits per heavy atom. The van der Waals surface area contributed by atoms with Gasteiger partial charge in [-0.05, 0) is 25.5 Å². The van der Waals surface area contributed by atoms with Crippen molar-refractivity contribution in [2.24, 2.45) is 0 Å². The smallest absolute Gasteiger partial charge is 0.254 e. The number of pyridine rings is 1. The summed E-state index contributed by atoms with van der Waals surface area (Å²) >= 11 is 1.67. The van der Waals surface area contributed by atoms with Gasteiger partial charge in [0.25, 0.3) is 5.91 Å². The average Bonchev–Trinajstić information content (AvgIpc) is 2.87. The molecule has 24 heavy (non-hydrogen) atoms. The van der Waals surface area contributed by atoms with E-state index < -0.39 is 0 Å². The number of aromatic nitrogens is 2. The van der Waals surface area contributed by atoms with Gasteiger partial charge in [-0.15, -0.1) is 11.3 Å². The van der Waals surface area contributed by atoms with Gasteiger partial charge >= 0.3 is 0 Å². The molecule has 1 amide bonds. The summed E-state index contributed by atoms with van der Waals surface area (Å²) in [6, 6.07) is 5.21. The standard InChI is InChI=1S/C17H19N5OS/c1-13-20-16(12-24-13)11-21-5-2-6-22(8-7-21)17(23)14-3-4-19-15(9-14)10-18/h3-4,9,12H,2,5-8,11H2,1H3. The van der Waals surface area contributed by atoms with Crippen LogP contribution in [0.5, 0.6) is 0 Å². The van der Waals surface area contributed by atoms with Crippen LogP contribution in [0.2, 0.25) is 0 Å². The third-order valence-corrected chi connectivity index (χ3v) is 4.87. The molecular weight excluding hydrogens is 322 g/mol. The SMILES string of the molecule is Cc1nc(CN2CCCN(C(=O)c3ccnc(C#N)c3)CC2)cs1. The van der Waals surface area contributed by atoms with Crippen LogP contribution in [0.25, 0.3) is 0 Å². The number of hydrogen-bond donors (Lipinski definition) is 0. The number of rotatable bonds is 3. The maximum absolute atomic E-state index is 12.6. The quantitative estimate of drug-likeness (QED) is 0.854. The second-order valence-electron chi connectivity index (χ2n) is 5.82. The monoisotopic (exact) mass is 341 g/mol. The Morgan fingerprint density at radius 3 is 3.00 bits per heavy atom. The number of nitrogens with zero attached hydrogens (tertiary/aromatic N) is 5. The molecule has 2 aromatic rings. The van der Waals surface area contributed by atoms with Crippen LogP contribution >= 0.6 is 11.3 Å². The zero-order valence-electron chi connectivity index (χ0n) is 13.6. The van der Waals surface area contributed by atoms with E-state index in [-0.39, 0.29) is 11.6 Å². The van der Waals surface area contributed by atoms with E-state index in [4.69, 9.17) is 5.26 Å². The van der Waals surface area contributed by atoms with Crippen molar-refractivity contribution < 1.29 is 4.79 Å². The van der Waals surface area contributed by atoms with Gasteiger partial charge in [-0.25, -0.2) is 9.97 Å². The zero-order chi connectivity index (χ0) is 16.9. The molecule has 1 aliphatic rings. The van der Waals surface area contributed by atoms with Crippen molar-refractivity contribution in [3.8, 4) is 6.07 Å². The van der Waals surface area contributed by atoms with Gasteiger partial charge in [0.05, 0.1) is 10.7 Å². The Balaban J connectivity index is 1.62. The number of nitriles is 1. The van der Waals surface area contributed by atoms with Crippen molar-refractivity contribution in [2.75, 3.05) is 26.2 Å². The molecule has 1 aliphatic heterocycles. The normalized spacial score (nSPS) is 15.8. The van der Waals surface area contributed by atoms with Gasteiger partial charge in [0.2, 0.25) is 0 Å². The van der Waals surface area contributed by atoms with Crippen molar-refractivity contribution in [1.82, 2.24) is 19.8 Å². The number of carbonyl (C=O) groups excluding carboxylic acids is 1. The molecular formula is C17H19N5OS. The number of aryl methyl sites for hydroxylation is 1. The lowest BCUT2D eigenvalue weighted by Gasteiger charge is -2.21. The highest BCUT2D eigenvalue weighted by molar-refractivity contribution is 7.09. The van der Waals surface area contributed by atoms with Crippen LogP contribution in [0.1, 0.15) is 33.2 Å². The van der Waals surface area contributed by atoms with E-state index >= 15 is 0 Å². The molecule has 2 aromatic heterocycles. The first-order valence-corrected chi connectivity index (χ1v) is 8.82. The molecule has 7 heteroatoms. The molecule has 0 atom stereocenters. The molecule has 0 unspecified atom stereocenters. The lowest BCUT2D eigenvalue weighted by Crippen LogP contribution is -2.35. The highest BCUT2D eigenvalue weighted by Gasteiger charge is 2.21. The third-order valence-electron chi connectivity index (χ3n) is 4.05. The molecule has 6 nitrogen and oxygen atoms in total. The fraction of sp³-hybridized carbons (Fsp3) is 0.412. The highest BCUT2D eigenvalue weighted by atomic mass is 32.1. The van der Waals surface area contributed by atoms with Crippen LogP contribution < -0.4 is 0 Å². The summed E-state index contributed by atoms with van der Waals surface area (Å²) < 4.78 is 0. The Bertz CT molecular complexity index is 766. The molecule has 1 fully saturated rings. The predicted octanol–water partition coefficient (Wildman–Crippen LogP) is 2.07. The predicted molar refractivity (Wildman–Crippen MR) is 91.6 cm³/mol. The minimum Gasteiger partial charge on any atom is -0.337 e. The van der Waals surface area contributed by atoms with E-state index in [1.807, 2.05) is 17.9 Å². The Hall–Kier alpha value is -2.30. The molecule has 3 heterocycles. The van der Waals surface area contributed by atoms with Gasteiger partial charge in [-0.2, -0.15) is 5.26 Å². The first kappa shape index (κ1) is 16.6. The van der Waals surface area contributed by atoms with Gasteiger partial charge in [0, 0.05) is 49.9 Å². The number of amides is 1. The minimum absolute atomic E-state index is 0.0275. The molecule has 0 spiro atoms. The molecule has 0 aromatic carbocycles. The third kappa shape index (κ3) is 3.96. The van der Waals surface area contributed by atoms with Crippen molar-refractivity contribution in [3.05, 3.63) is 45.7 Å². The molecule has 0 aliphatic carbocycles. The van der Waals surface area contributed by atoms with E-state index in [9.17, 15) is 4.79 Å². The highest BCUT2D eigenvalue weighted by Crippen LogP contribution is 2.14. The second kappa shape index (κ2) is 7.51. The lowest BCUT2D eigenvalue weighted by atomic mass is 10.2. The summed E-state index contributed by atoms with van der Waals surface area (Å²) in [5.74, 6) is -0.0275. The van der Waals surface area contributed by atoms with E-state index in [1.165, 1.54) is 6.20 Å². The van der Waals surface area contributed by atoms with E-state index in [2.05, 4.69) is 20.2 Å². The molecule has 0 N–H and O–H groups in total. The zero-order valence-corrected chi connectivity index (χ0v) is 14.4. The summed E-state index contributed by atoms with van der Waals surface area (Å²) in [5, 5.41) is 12.1. The van der Waals surface area contributed by atoms with Crippen molar-refractivity contribution in [1.29, 1.82) is 5.26 Å². The van der Waals surface area contributed by atoms with Gasteiger partial charge in [0.1, 0.15) is 11.8 Å². The fourth-order valence-corrected chi connectivity index (χ4v) is 3.45. The minimum atomic E-state index is -0.0275. The summed E-state index contributed by atoms with van der Waals surface area (Å²) in [4.78, 5) is 25.3. The van der Waals surface area contributed by atoms with Crippen molar-refractivity contribution in [3.63, 3.8) is 0 Å². The van der Waals surface area contributed by atoms with Crippen LogP contribution in [0.15, 0.2) is 23.7 Å². The fourth-order valence-electron chi connectivity index (χ4n) is 2.85. The molecule has 1 saturated heterocycles. The van der Waals surface area contributed by atoms with E-state index in [0.717, 1.165) is 43.3 Å². The van der Waals surface area contributed by atoms with E-state index in [0.29, 0.717) is 12.1 Å². The Kier molecular flexibility index (Phi) is 5.18. The first-order valence-electron chi connectivity index (χ1n) is 7.94. The topological polar surface area (TPSA) is 73.1 Å². The number of hydrogen-bond acceptors (Lipinski definition) is 6. The maximum Gasteiger partial charge on any atom is 0.254 e. The van der Waals surface area contributed by atoms with Crippen LogP contribution in [-0.4, -0.2) is 51.9 Å². The number of thiazole rings is 1. The van der Waals surface area contributed by atoms with E-state index in [1.54, 1.807) is 23.5 Å². The average molecular weight is 341 g/mol. The van der Waals surface area contributed by atoms with Crippen LogP contribution in [0.3, 0.4) is 0 Å². The molecule has 3 rings (SSSR count). The molecule has 0 bridgehead atoms. The number of carbonyl (C=O) groups is 1. The van der Waals surface area contributed by atoms with Crippen LogP contribution in [-0.2, 0) is 6.54 Å². The summed E-state index contributed by atoms with van der Waals surface area (Å²) in [6.45, 7) is 6.06. The van der Waals surface area contributed by atoms with Gasteiger partial charge in [-0.3, -0.25) is 9.69 Å². The summed E-state index contributed by atoms with van der Waals surface area (Å²) in [6.07, 6.45) is 2.45. The van der Waals surface area contributed by atoms with Gasteiger partial charge in [0.15, 0.2) is 0 Å². The Labute approximate surface area is 145 Å². The van der Waals surface area contributed by atoms with Crippen molar-refractivity contribution >= 4 is 17.2 Å². The molecule has 124 valence electrons. The van der Waals surface area contributed by atoms with Gasteiger partial charge in [-0.1, -0.05) is 0 Å². The largest absolute Gasteiger partial charge is 0.337 e. The first-order chi connectivity index (χ1) is 11.7. The summed E-state index contributed by atoms with van der Waals surface area (Å²) in [5.41, 5.74) is 1.91. The molecule has 0 saturated carbocycles. The summed E-state index contributed by atoms with van der Waals surface area (Å²) in [7, 11) is 0. The van der Waals surface area contributed by atoms with Gasteiger partial charge < -0.3 is 4.90 Å². The lowest BCUT2D eigenvalue weighted by molar-refractivity contribution is 0.0761. The Morgan fingerprint density at radius 1 is 1.38 bits per heavy atom. The van der Waals surface area contributed by atoms with Crippen LogP contribution in [0, 0.1) is 18.3 Å². The second-order valence-corrected chi connectivity index (χ2v) is 6.88. The maximum atomic E-state index is 12.6. The molecule has 0 radical (unpaired) electrons. The van der Waals surface area contributed by atoms with Crippen LogP contribution in [0.4, 0.5) is 0 Å².